The van der Waals surface area contributed by atoms with Gasteiger partial charge in [0.2, 0.25) is 0 Å². The van der Waals surface area contributed by atoms with Crippen LogP contribution in [0.1, 0.15) is 23.2 Å². The molecule has 2 saturated heterocycles. The smallest absolute Gasteiger partial charge is 0.255 e. The topological polar surface area (TPSA) is 45.2 Å². The zero-order valence-electron chi connectivity index (χ0n) is 10.1. The van der Waals surface area contributed by atoms with Crippen molar-refractivity contribution >= 4 is 17.5 Å². The standard InChI is InChI=1S/C13H16ClN3O/c14-11-6-15-5-3-10(11)13(18)17-7-9-2-1-4-16-12(9)8-17/h3,5-6,9,12,16H,1-2,4,7-8H2. The molecule has 3 heterocycles. The van der Waals surface area contributed by atoms with Gasteiger partial charge in [-0.15, -0.1) is 0 Å². The molecule has 2 aliphatic rings. The summed E-state index contributed by atoms with van der Waals surface area (Å²) in [7, 11) is 0. The van der Waals surface area contributed by atoms with Crippen LogP contribution in [-0.2, 0) is 0 Å². The second kappa shape index (κ2) is 4.86. The fraction of sp³-hybridized carbons (Fsp3) is 0.538. The first kappa shape index (κ1) is 11.9. The summed E-state index contributed by atoms with van der Waals surface area (Å²) in [6, 6.07) is 2.16. The number of carbonyl (C=O) groups is 1. The molecule has 2 aliphatic heterocycles. The molecule has 96 valence electrons. The van der Waals surface area contributed by atoms with Crippen LogP contribution < -0.4 is 5.32 Å². The van der Waals surface area contributed by atoms with Gasteiger partial charge in [0.05, 0.1) is 10.6 Å². The van der Waals surface area contributed by atoms with Crippen molar-refractivity contribution in [1.82, 2.24) is 15.2 Å². The molecule has 3 rings (SSSR count). The largest absolute Gasteiger partial charge is 0.337 e. The van der Waals surface area contributed by atoms with Crippen molar-refractivity contribution in [2.75, 3.05) is 19.6 Å². The second-order valence-electron chi connectivity index (χ2n) is 5.03. The Bertz CT molecular complexity index is 451. The van der Waals surface area contributed by atoms with Crippen LogP contribution in [0.5, 0.6) is 0 Å². The molecule has 1 aromatic heterocycles. The van der Waals surface area contributed by atoms with Crippen LogP contribution in [0.15, 0.2) is 18.5 Å². The number of rotatable bonds is 1. The Hall–Kier alpha value is -1.13. The number of nitrogens with zero attached hydrogens (tertiary/aromatic N) is 2. The molecule has 2 atom stereocenters. The summed E-state index contributed by atoms with van der Waals surface area (Å²) in [5.74, 6) is 0.627. The normalized spacial score (nSPS) is 27.1. The van der Waals surface area contributed by atoms with Gasteiger partial charge in [-0.3, -0.25) is 9.78 Å². The summed E-state index contributed by atoms with van der Waals surface area (Å²) in [6.45, 7) is 2.70. The van der Waals surface area contributed by atoms with Crippen LogP contribution in [0.4, 0.5) is 0 Å². The Morgan fingerprint density at radius 3 is 3.17 bits per heavy atom. The number of pyridine rings is 1. The monoisotopic (exact) mass is 265 g/mol. The molecule has 1 aromatic rings. The number of amides is 1. The number of hydrogen-bond donors (Lipinski definition) is 1. The molecule has 0 spiro atoms. The minimum Gasteiger partial charge on any atom is -0.337 e. The van der Waals surface area contributed by atoms with E-state index in [0.717, 1.165) is 19.6 Å². The van der Waals surface area contributed by atoms with Crippen molar-refractivity contribution in [2.45, 2.75) is 18.9 Å². The molecule has 1 N–H and O–H groups in total. The molecule has 1 amide bonds. The second-order valence-corrected chi connectivity index (χ2v) is 5.44. The molecule has 0 aliphatic carbocycles. The van der Waals surface area contributed by atoms with Crippen molar-refractivity contribution in [3.05, 3.63) is 29.0 Å². The molecule has 2 fully saturated rings. The van der Waals surface area contributed by atoms with Crippen molar-refractivity contribution in [2.24, 2.45) is 5.92 Å². The van der Waals surface area contributed by atoms with E-state index >= 15 is 0 Å². The number of likely N-dealkylation sites (tertiary alicyclic amines) is 1. The Balaban J connectivity index is 1.76. The van der Waals surface area contributed by atoms with E-state index in [-0.39, 0.29) is 5.91 Å². The predicted molar refractivity (Wildman–Crippen MR) is 69.7 cm³/mol. The van der Waals surface area contributed by atoms with E-state index in [2.05, 4.69) is 10.3 Å². The SMILES string of the molecule is O=C(c1ccncc1Cl)N1CC2CCCNC2C1. The Kier molecular flexibility index (Phi) is 3.22. The minimum atomic E-state index is 0.0265. The Morgan fingerprint density at radius 2 is 2.39 bits per heavy atom. The third-order valence-electron chi connectivity index (χ3n) is 3.89. The van der Waals surface area contributed by atoms with Gasteiger partial charge in [0.15, 0.2) is 0 Å². The predicted octanol–water partition coefficient (Wildman–Crippen LogP) is 1.56. The van der Waals surface area contributed by atoms with Crippen molar-refractivity contribution in [3.63, 3.8) is 0 Å². The van der Waals surface area contributed by atoms with E-state index in [1.807, 2.05) is 4.90 Å². The number of piperidine rings is 1. The van der Waals surface area contributed by atoms with Gasteiger partial charge < -0.3 is 10.2 Å². The van der Waals surface area contributed by atoms with Gasteiger partial charge in [-0.05, 0) is 31.4 Å². The van der Waals surface area contributed by atoms with Crippen molar-refractivity contribution in [1.29, 1.82) is 0 Å². The van der Waals surface area contributed by atoms with Crippen LogP contribution >= 0.6 is 11.6 Å². The van der Waals surface area contributed by atoms with Gasteiger partial charge >= 0.3 is 0 Å². The van der Waals surface area contributed by atoms with E-state index in [9.17, 15) is 4.79 Å². The fourth-order valence-corrected chi connectivity index (χ4v) is 3.13. The first-order chi connectivity index (χ1) is 8.75. The number of aromatic nitrogens is 1. The minimum absolute atomic E-state index is 0.0265. The molecular weight excluding hydrogens is 250 g/mol. The lowest BCUT2D eigenvalue weighted by atomic mass is 9.94. The number of nitrogens with one attached hydrogen (secondary N) is 1. The lowest BCUT2D eigenvalue weighted by Gasteiger charge is -2.24. The summed E-state index contributed by atoms with van der Waals surface area (Å²) in [5.41, 5.74) is 0.560. The van der Waals surface area contributed by atoms with Gasteiger partial charge in [0.25, 0.3) is 5.91 Å². The fourth-order valence-electron chi connectivity index (χ4n) is 2.93. The van der Waals surface area contributed by atoms with Crippen molar-refractivity contribution < 1.29 is 4.79 Å². The Morgan fingerprint density at radius 1 is 1.50 bits per heavy atom. The highest BCUT2D eigenvalue weighted by molar-refractivity contribution is 6.33. The summed E-state index contributed by atoms with van der Waals surface area (Å²) < 4.78 is 0. The number of halogens is 1. The maximum Gasteiger partial charge on any atom is 0.255 e. The number of fused-ring (bicyclic) bond motifs is 1. The first-order valence-corrected chi connectivity index (χ1v) is 6.75. The molecule has 0 radical (unpaired) electrons. The number of hydrogen-bond acceptors (Lipinski definition) is 3. The zero-order valence-corrected chi connectivity index (χ0v) is 10.9. The Labute approximate surface area is 111 Å². The van der Waals surface area contributed by atoms with Crippen molar-refractivity contribution in [3.8, 4) is 0 Å². The highest BCUT2D eigenvalue weighted by atomic mass is 35.5. The molecular formula is C13H16ClN3O. The highest BCUT2D eigenvalue weighted by Gasteiger charge is 2.36. The maximum absolute atomic E-state index is 12.4. The third-order valence-corrected chi connectivity index (χ3v) is 4.19. The van der Waals surface area contributed by atoms with Crippen LogP contribution in [0.3, 0.4) is 0 Å². The summed E-state index contributed by atoms with van der Waals surface area (Å²) >= 11 is 6.02. The van der Waals surface area contributed by atoms with E-state index in [1.54, 1.807) is 12.3 Å². The number of carbonyl (C=O) groups excluding carboxylic acids is 1. The van der Waals surface area contributed by atoms with Gasteiger partial charge in [0.1, 0.15) is 0 Å². The average molecular weight is 266 g/mol. The van der Waals surface area contributed by atoms with Crippen LogP contribution in [0, 0.1) is 5.92 Å². The highest BCUT2D eigenvalue weighted by Crippen LogP contribution is 2.27. The van der Waals surface area contributed by atoms with E-state index < -0.39 is 0 Å². The molecule has 0 aromatic carbocycles. The van der Waals surface area contributed by atoms with Crippen LogP contribution in [0.2, 0.25) is 5.02 Å². The summed E-state index contributed by atoms with van der Waals surface area (Å²) in [4.78, 5) is 18.2. The maximum atomic E-state index is 12.4. The summed E-state index contributed by atoms with van der Waals surface area (Å²) in [6.07, 6.45) is 5.56. The molecule has 18 heavy (non-hydrogen) atoms. The molecule has 4 nitrogen and oxygen atoms in total. The zero-order chi connectivity index (χ0) is 12.5. The van der Waals surface area contributed by atoms with Gasteiger partial charge in [-0.1, -0.05) is 11.6 Å². The van der Waals surface area contributed by atoms with Gasteiger partial charge in [0, 0.05) is 31.5 Å². The molecule has 0 saturated carbocycles. The van der Waals surface area contributed by atoms with Gasteiger partial charge in [-0.2, -0.15) is 0 Å². The molecule has 5 heteroatoms. The average Bonchev–Trinajstić information content (AvgIpc) is 2.82. The van der Waals surface area contributed by atoms with E-state index in [4.69, 9.17) is 11.6 Å². The molecule has 2 unspecified atom stereocenters. The lowest BCUT2D eigenvalue weighted by molar-refractivity contribution is 0.0785. The lowest BCUT2D eigenvalue weighted by Crippen LogP contribution is -2.41. The first-order valence-electron chi connectivity index (χ1n) is 6.38. The van der Waals surface area contributed by atoms with E-state index in [0.29, 0.717) is 22.5 Å². The molecule has 0 bridgehead atoms. The summed E-state index contributed by atoms with van der Waals surface area (Å²) in [5, 5.41) is 3.93. The van der Waals surface area contributed by atoms with Gasteiger partial charge in [-0.25, -0.2) is 0 Å². The third kappa shape index (κ3) is 2.10. The quantitative estimate of drug-likeness (QED) is 0.838. The van der Waals surface area contributed by atoms with Crippen LogP contribution in [0.25, 0.3) is 0 Å². The van der Waals surface area contributed by atoms with E-state index in [1.165, 1.54) is 19.0 Å². The van der Waals surface area contributed by atoms with Crippen LogP contribution in [-0.4, -0.2) is 41.5 Å².